The fourth-order valence-corrected chi connectivity index (χ4v) is 6.66. The van der Waals surface area contributed by atoms with Crippen molar-refractivity contribution in [3.63, 3.8) is 0 Å². The van der Waals surface area contributed by atoms with Crippen molar-refractivity contribution in [1.29, 1.82) is 0 Å². The van der Waals surface area contributed by atoms with E-state index in [-0.39, 0.29) is 5.41 Å². The maximum absolute atomic E-state index is 11.4. The molecule has 0 radical (unpaired) electrons. The van der Waals surface area contributed by atoms with Gasteiger partial charge in [0, 0.05) is 31.7 Å². The van der Waals surface area contributed by atoms with Gasteiger partial charge < -0.3 is 19.3 Å². The zero-order valence-electron chi connectivity index (χ0n) is 21.2. The zero-order valence-corrected chi connectivity index (χ0v) is 21.2. The Morgan fingerprint density at radius 1 is 1.09 bits per heavy atom. The van der Waals surface area contributed by atoms with E-state index in [1.54, 1.807) is 0 Å². The lowest BCUT2D eigenvalue weighted by Gasteiger charge is -2.53. The summed E-state index contributed by atoms with van der Waals surface area (Å²) in [6.45, 7) is 8.39. The molecule has 2 aromatic rings. The van der Waals surface area contributed by atoms with Gasteiger partial charge in [-0.05, 0) is 80.2 Å². The molecule has 35 heavy (non-hydrogen) atoms. The fraction of sp³-hybridized carbons (Fsp3) is 0.600. The van der Waals surface area contributed by atoms with E-state index in [4.69, 9.17) is 14.2 Å². The molecule has 0 spiro atoms. The molecule has 0 unspecified atom stereocenters. The van der Waals surface area contributed by atoms with Crippen LogP contribution >= 0.6 is 0 Å². The number of rotatable bonds is 9. The lowest BCUT2D eigenvalue weighted by molar-refractivity contribution is -0.0990. The molecular weight excluding hydrogens is 438 g/mol. The van der Waals surface area contributed by atoms with Crippen molar-refractivity contribution in [2.75, 3.05) is 52.7 Å². The molecule has 1 saturated heterocycles. The Balaban J connectivity index is 1.36. The van der Waals surface area contributed by atoms with Gasteiger partial charge in [0.05, 0.1) is 25.4 Å². The number of hydrogen-bond acceptors (Lipinski definition) is 5. The first-order valence-corrected chi connectivity index (χ1v) is 13.5. The van der Waals surface area contributed by atoms with Crippen LogP contribution in [-0.2, 0) is 27.7 Å². The maximum atomic E-state index is 11.4. The van der Waals surface area contributed by atoms with E-state index >= 15 is 0 Å². The van der Waals surface area contributed by atoms with Crippen LogP contribution < -0.4 is 4.74 Å². The van der Waals surface area contributed by atoms with Gasteiger partial charge in [-0.1, -0.05) is 36.4 Å². The molecule has 3 atom stereocenters. The SMILES string of the molecule is CCOC[C@@]1(O)CC[C@@]2(Cc3ccccc3)c3ccc(OCCN4CCOCC4)cc3CC[C@@H]2C1. The summed E-state index contributed by atoms with van der Waals surface area (Å²) in [5, 5.41) is 11.4. The predicted octanol–water partition coefficient (Wildman–Crippen LogP) is 4.39. The average Bonchev–Trinajstić information content (AvgIpc) is 2.89. The van der Waals surface area contributed by atoms with Gasteiger partial charge in [-0.2, -0.15) is 0 Å². The van der Waals surface area contributed by atoms with Crippen LogP contribution in [0.15, 0.2) is 48.5 Å². The average molecular weight is 480 g/mol. The minimum absolute atomic E-state index is 0.0553. The van der Waals surface area contributed by atoms with Gasteiger partial charge in [-0.15, -0.1) is 0 Å². The summed E-state index contributed by atoms with van der Waals surface area (Å²) in [6.07, 6.45) is 5.76. The molecular formula is C30H41NO4. The van der Waals surface area contributed by atoms with Gasteiger partial charge in [0.1, 0.15) is 12.4 Å². The number of fused-ring (bicyclic) bond motifs is 3. The summed E-state index contributed by atoms with van der Waals surface area (Å²) in [4.78, 5) is 2.41. The topological polar surface area (TPSA) is 51.2 Å². The second-order valence-corrected chi connectivity index (χ2v) is 10.7. The van der Waals surface area contributed by atoms with Crippen LogP contribution in [0.3, 0.4) is 0 Å². The molecule has 5 nitrogen and oxygen atoms in total. The van der Waals surface area contributed by atoms with Crippen molar-refractivity contribution >= 4 is 0 Å². The molecule has 3 aliphatic rings. The van der Waals surface area contributed by atoms with E-state index in [0.29, 0.717) is 25.7 Å². The molecule has 1 aliphatic heterocycles. The predicted molar refractivity (Wildman–Crippen MR) is 138 cm³/mol. The fourth-order valence-electron chi connectivity index (χ4n) is 6.66. The first-order chi connectivity index (χ1) is 17.1. The van der Waals surface area contributed by atoms with Crippen LogP contribution in [0.4, 0.5) is 0 Å². The van der Waals surface area contributed by atoms with E-state index in [1.165, 1.54) is 16.7 Å². The minimum Gasteiger partial charge on any atom is -0.492 e. The van der Waals surface area contributed by atoms with Gasteiger partial charge in [0.25, 0.3) is 0 Å². The second-order valence-electron chi connectivity index (χ2n) is 10.7. The third-order valence-corrected chi connectivity index (χ3v) is 8.54. The van der Waals surface area contributed by atoms with Crippen LogP contribution in [0, 0.1) is 5.92 Å². The largest absolute Gasteiger partial charge is 0.492 e. The lowest BCUT2D eigenvalue weighted by Crippen LogP contribution is -2.52. The number of aliphatic hydroxyl groups is 1. The molecule has 0 aromatic heterocycles. The van der Waals surface area contributed by atoms with Crippen LogP contribution in [0.2, 0.25) is 0 Å². The molecule has 0 bridgehead atoms. The van der Waals surface area contributed by atoms with E-state index in [1.807, 2.05) is 6.92 Å². The van der Waals surface area contributed by atoms with E-state index in [2.05, 4.69) is 53.4 Å². The van der Waals surface area contributed by atoms with Crippen LogP contribution in [0.5, 0.6) is 5.75 Å². The van der Waals surface area contributed by atoms with E-state index < -0.39 is 5.60 Å². The molecule has 1 saturated carbocycles. The third-order valence-electron chi connectivity index (χ3n) is 8.54. The highest BCUT2D eigenvalue weighted by Crippen LogP contribution is 2.54. The van der Waals surface area contributed by atoms with Crippen molar-refractivity contribution in [3.8, 4) is 5.75 Å². The molecule has 2 aliphatic carbocycles. The normalized spacial score (nSPS) is 28.8. The summed E-state index contributed by atoms with van der Waals surface area (Å²) in [5.74, 6) is 1.43. The van der Waals surface area contributed by atoms with Gasteiger partial charge in [0.15, 0.2) is 0 Å². The molecule has 5 rings (SSSR count). The van der Waals surface area contributed by atoms with Crippen molar-refractivity contribution < 1.29 is 19.3 Å². The lowest BCUT2D eigenvalue weighted by atomic mass is 9.52. The second kappa shape index (κ2) is 11.0. The number of ether oxygens (including phenoxy) is 3. The van der Waals surface area contributed by atoms with E-state index in [9.17, 15) is 5.11 Å². The molecule has 190 valence electrons. The number of hydrogen-bond donors (Lipinski definition) is 1. The number of morpholine rings is 1. The highest BCUT2D eigenvalue weighted by Gasteiger charge is 2.51. The van der Waals surface area contributed by atoms with Gasteiger partial charge in [0.2, 0.25) is 0 Å². The Morgan fingerprint density at radius 3 is 2.71 bits per heavy atom. The van der Waals surface area contributed by atoms with Crippen LogP contribution in [0.25, 0.3) is 0 Å². The Bertz CT molecular complexity index is 960. The summed E-state index contributed by atoms with van der Waals surface area (Å²) in [6, 6.07) is 17.7. The molecule has 0 amide bonds. The highest BCUT2D eigenvalue weighted by molar-refractivity contribution is 5.45. The minimum atomic E-state index is -0.707. The van der Waals surface area contributed by atoms with Crippen molar-refractivity contribution in [2.24, 2.45) is 5.92 Å². The Hall–Kier alpha value is -1.92. The molecule has 2 aromatic carbocycles. The Morgan fingerprint density at radius 2 is 1.91 bits per heavy atom. The Kier molecular flexibility index (Phi) is 7.78. The van der Waals surface area contributed by atoms with Gasteiger partial charge in [-0.25, -0.2) is 0 Å². The molecule has 1 N–H and O–H groups in total. The number of benzene rings is 2. The van der Waals surface area contributed by atoms with Crippen molar-refractivity contribution in [1.82, 2.24) is 4.90 Å². The van der Waals surface area contributed by atoms with Crippen molar-refractivity contribution in [3.05, 3.63) is 65.2 Å². The van der Waals surface area contributed by atoms with Crippen LogP contribution in [-0.4, -0.2) is 68.3 Å². The summed E-state index contributed by atoms with van der Waals surface area (Å²) >= 11 is 0. The molecule has 2 fully saturated rings. The molecule has 1 heterocycles. The third kappa shape index (κ3) is 5.59. The maximum Gasteiger partial charge on any atom is 0.119 e. The summed E-state index contributed by atoms with van der Waals surface area (Å²) < 4.78 is 17.3. The first-order valence-electron chi connectivity index (χ1n) is 13.5. The number of aryl methyl sites for hydroxylation is 1. The zero-order chi connectivity index (χ0) is 24.1. The van der Waals surface area contributed by atoms with Gasteiger partial charge >= 0.3 is 0 Å². The first kappa shape index (κ1) is 24.8. The summed E-state index contributed by atoms with van der Waals surface area (Å²) in [5.41, 5.74) is 3.62. The summed E-state index contributed by atoms with van der Waals surface area (Å²) in [7, 11) is 0. The van der Waals surface area contributed by atoms with E-state index in [0.717, 1.165) is 77.1 Å². The smallest absolute Gasteiger partial charge is 0.119 e. The van der Waals surface area contributed by atoms with Gasteiger partial charge in [-0.3, -0.25) is 4.90 Å². The molecule has 5 heteroatoms. The highest BCUT2D eigenvalue weighted by atomic mass is 16.5. The number of nitrogens with zero attached hydrogens (tertiary/aromatic N) is 1. The quantitative estimate of drug-likeness (QED) is 0.578. The standard InChI is InChI=1S/C30H41NO4/c1-2-33-23-29(32)12-13-30(21-24-6-4-3-5-7-24)26(22-29)9-8-25-20-27(10-11-28(25)30)35-19-16-31-14-17-34-18-15-31/h3-7,10-11,20,26,32H,2,8-9,12-19,21-23H2,1H3/t26-,29-,30+/m1/s1. The monoisotopic (exact) mass is 479 g/mol. The van der Waals surface area contributed by atoms with Crippen LogP contribution in [0.1, 0.15) is 49.3 Å². The van der Waals surface area contributed by atoms with Crippen molar-refractivity contribution in [2.45, 2.75) is 56.5 Å². The Labute approximate surface area is 210 Å².